The third-order valence-electron chi connectivity index (χ3n) is 1.85. The largest absolute Gasteiger partial charge is 0.328 e. The first kappa shape index (κ1) is 8.71. The van der Waals surface area contributed by atoms with Crippen LogP contribution in [0.25, 0.3) is 0 Å². The van der Waals surface area contributed by atoms with Crippen LogP contribution in [0.2, 0.25) is 0 Å². The number of nitrogens with zero attached hydrogens (tertiary/aromatic N) is 1. The van der Waals surface area contributed by atoms with Gasteiger partial charge in [-0.3, -0.25) is 0 Å². The fourth-order valence-corrected chi connectivity index (χ4v) is 2.07. The van der Waals surface area contributed by atoms with Gasteiger partial charge in [0.25, 0.3) is 0 Å². The number of hydrogen-bond donors (Lipinski definition) is 2. The zero-order valence-corrected chi connectivity index (χ0v) is 7.70. The highest BCUT2D eigenvalue weighted by molar-refractivity contribution is 8.67. The molecule has 1 rings (SSSR count). The molecule has 60 valence electrons. The summed E-state index contributed by atoms with van der Waals surface area (Å²) in [4.78, 5) is 0. The number of rotatable bonds is 1. The summed E-state index contributed by atoms with van der Waals surface area (Å²) in [6.45, 7) is 2.23. The SMILES string of the molecule is NC1CCCN(SS)CC1. The first-order chi connectivity index (χ1) is 4.83. The Morgan fingerprint density at radius 3 is 2.90 bits per heavy atom. The first-order valence-electron chi connectivity index (χ1n) is 3.65. The summed E-state index contributed by atoms with van der Waals surface area (Å²) in [6, 6.07) is 0.422. The van der Waals surface area contributed by atoms with Gasteiger partial charge in [-0.1, -0.05) is 11.7 Å². The van der Waals surface area contributed by atoms with Crippen molar-refractivity contribution in [2.45, 2.75) is 25.3 Å². The van der Waals surface area contributed by atoms with Gasteiger partial charge in [-0.2, -0.15) is 0 Å². The van der Waals surface area contributed by atoms with Gasteiger partial charge in [-0.25, -0.2) is 4.31 Å². The van der Waals surface area contributed by atoms with Gasteiger partial charge in [-0.15, -0.1) is 0 Å². The van der Waals surface area contributed by atoms with E-state index >= 15 is 0 Å². The number of thiol groups is 1. The smallest absolute Gasteiger partial charge is 0.0112 e. The summed E-state index contributed by atoms with van der Waals surface area (Å²) in [5.74, 6) is 0. The molecule has 4 heteroatoms. The highest BCUT2D eigenvalue weighted by Gasteiger charge is 2.12. The Balaban J connectivity index is 2.26. The summed E-state index contributed by atoms with van der Waals surface area (Å²) in [5.41, 5.74) is 5.79. The monoisotopic (exact) mass is 178 g/mol. The second kappa shape index (κ2) is 4.49. The first-order valence-corrected chi connectivity index (χ1v) is 5.47. The molecule has 0 aromatic carbocycles. The molecule has 10 heavy (non-hydrogen) atoms. The second-order valence-electron chi connectivity index (χ2n) is 2.70. The average molecular weight is 178 g/mol. The lowest BCUT2D eigenvalue weighted by Gasteiger charge is -2.13. The Morgan fingerprint density at radius 2 is 2.20 bits per heavy atom. The van der Waals surface area contributed by atoms with E-state index in [-0.39, 0.29) is 0 Å². The van der Waals surface area contributed by atoms with Crippen molar-refractivity contribution in [3.63, 3.8) is 0 Å². The normalized spacial score (nSPS) is 30.0. The molecule has 1 fully saturated rings. The molecular formula is C6H14N2S2. The minimum atomic E-state index is 0.422. The molecule has 0 bridgehead atoms. The zero-order valence-electron chi connectivity index (χ0n) is 5.99. The van der Waals surface area contributed by atoms with E-state index in [1.165, 1.54) is 23.8 Å². The minimum absolute atomic E-state index is 0.422. The third kappa shape index (κ3) is 2.70. The van der Waals surface area contributed by atoms with Crippen molar-refractivity contribution < 1.29 is 0 Å². The van der Waals surface area contributed by atoms with Crippen molar-refractivity contribution >= 4 is 22.6 Å². The summed E-state index contributed by atoms with van der Waals surface area (Å²) in [5, 5.41) is 0. The van der Waals surface area contributed by atoms with Gasteiger partial charge in [0.05, 0.1) is 0 Å². The van der Waals surface area contributed by atoms with Crippen molar-refractivity contribution in [3.05, 3.63) is 0 Å². The van der Waals surface area contributed by atoms with Crippen molar-refractivity contribution in [2.75, 3.05) is 13.1 Å². The molecule has 0 saturated carbocycles. The van der Waals surface area contributed by atoms with E-state index in [1.807, 2.05) is 0 Å². The lowest BCUT2D eigenvalue weighted by molar-refractivity contribution is 0.489. The molecule has 1 aliphatic rings. The van der Waals surface area contributed by atoms with E-state index in [0.717, 1.165) is 19.5 Å². The quantitative estimate of drug-likeness (QED) is 0.360. The molecular weight excluding hydrogens is 164 g/mol. The van der Waals surface area contributed by atoms with Crippen molar-refractivity contribution in [1.82, 2.24) is 4.31 Å². The van der Waals surface area contributed by atoms with E-state index in [1.54, 1.807) is 0 Å². The van der Waals surface area contributed by atoms with Gasteiger partial charge < -0.3 is 5.73 Å². The molecule has 2 nitrogen and oxygen atoms in total. The Hall–Kier alpha value is 0.620. The Labute approximate surface area is 71.5 Å². The molecule has 1 saturated heterocycles. The summed E-state index contributed by atoms with van der Waals surface area (Å²) < 4.78 is 2.26. The van der Waals surface area contributed by atoms with E-state index < -0.39 is 0 Å². The van der Waals surface area contributed by atoms with Crippen LogP contribution in [-0.4, -0.2) is 23.4 Å². The summed E-state index contributed by atoms with van der Waals surface area (Å²) in [7, 11) is 1.53. The highest BCUT2D eigenvalue weighted by atomic mass is 33.1. The molecule has 0 aromatic rings. The van der Waals surface area contributed by atoms with Crippen molar-refractivity contribution in [3.8, 4) is 0 Å². The zero-order chi connectivity index (χ0) is 7.40. The average Bonchev–Trinajstić information content (AvgIpc) is 2.14. The summed E-state index contributed by atoms with van der Waals surface area (Å²) in [6.07, 6.45) is 3.51. The maximum absolute atomic E-state index is 5.79. The van der Waals surface area contributed by atoms with Gasteiger partial charge in [-0.05, 0) is 30.2 Å². The second-order valence-corrected chi connectivity index (χ2v) is 3.87. The topological polar surface area (TPSA) is 29.3 Å². The lowest BCUT2D eigenvalue weighted by Crippen LogP contribution is -2.21. The maximum Gasteiger partial charge on any atom is 0.0112 e. The number of hydrogen-bond acceptors (Lipinski definition) is 4. The molecule has 1 heterocycles. The molecule has 0 radical (unpaired) electrons. The van der Waals surface area contributed by atoms with Crippen LogP contribution in [0.1, 0.15) is 19.3 Å². The van der Waals surface area contributed by atoms with Crippen LogP contribution >= 0.6 is 22.6 Å². The fraction of sp³-hybridized carbons (Fsp3) is 1.00. The van der Waals surface area contributed by atoms with E-state index in [0.29, 0.717) is 6.04 Å². The van der Waals surface area contributed by atoms with E-state index in [2.05, 4.69) is 16.0 Å². The Bertz CT molecular complexity index is 99.7. The van der Waals surface area contributed by atoms with Crippen molar-refractivity contribution in [1.29, 1.82) is 0 Å². The van der Waals surface area contributed by atoms with Crippen LogP contribution < -0.4 is 5.73 Å². The van der Waals surface area contributed by atoms with E-state index in [4.69, 9.17) is 5.73 Å². The van der Waals surface area contributed by atoms with Crippen LogP contribution in [-0.2, 0) is 0 Å². The Morgan fingerprint density at radius 1 is 1.40 bits per heavy atom. The summed E-state index contributed by atoms with van der Waals surface area (Å²) >= 11 is 4.14. The molecule has 0 spiro atoms. The van der Waals surface area contributed by atoms with Crippen LogP contribution in [0.3, 0.4) is 0 Å². The van der Waals surface area contributed by atoms with Gasteiger partial charge in [0.15, 0.2) is 0 Å². The highest BCUT2D eigenvalue weighted by Crippen LogP contribution is 2.19. The predicted octanol–water partition coefficient (Wildman–Crippen LogP) is 1.29. The van der Waals surface area contributed by atoms with Crippen LogP contribution in [0.15, 0.2) is 0 Å². The van der Waals surface area contributed by atoms with Crippen LogP contribution in [0.5, 0.6) is 0 Å². The van der Waals surface area contributed by atoms with Gasteiger partial charge in [0.1, 0.15) is 0 Å². The van der Waals surface area contributed by atoms with Gasteiger partial charge in [0.2, 0.25) is 0 Å². The maximum atomic E-state index is 5.79. The van der Waals surface area contributed by atoms with Crippen LogP contribution in [0, 0.1) is 0 Å². The van der Waals surface area contributed by atoms with Crippen molar-refractivity contribution in [2.24, 2.45) is 5.73 Å². The van der Waals surface area contributed by atoms with Crippen LogP contribution in [0.4, 0.5) is 0 Å². The molecule has 1 atom stereocenters. The molecule has 0 aliphatic carbocycles. The minimum Gasteiger partial charge on any atom is -0.328 e. The Kier molecular flexibility index (Phi) is 3.91. The molecule has 1 unspecified atom stereocenters. The lowest BCUT2D eigenvalue weighted by atomic mass is 10.1. The van der Waals surface area contributed by atoms with Gasteiger partial charge >= 0.3 is 0 Å². The molecule has 1 aliphatic heterocycles. The number of nitrogens with two attached hydrogens (primary N) is 1. The predicted molar refractivity (Wildman–Crippen MR) is 50.0 cm³/mol. The van der Waals surface area contributed by atoms with E-state index in [9.17, 15) is 0 Å². The molecule has 0 aromatic heterocycles. The molecule has 2 N–H and O–H groups in total. The molecule has 0 amide bonds. The third-order valence-corrected chi connectivity index (χ3v) is 3.14. The van der Waals surface area contributed by atoms with Gasteiger partial charge in [0, 0.05) is 19.1 Å². The fourth-order valence-electron chi connectivity index (χ4n) is 1.18. The standard InChI is InChI=1S/C6H14N2S2/c7-6-2-1-4-8(10-9)5-3-6/h6,9H,1-5,7H2.